The number of nitrogens with one attached hydrogen (secondary N) is 2. The van der Waals surface area contributed by atoms with E-state index in [9.17, 15) is 19.5 Å². The van der Waals surface area contributed by atoms with Crippen molar-refractivity contribution in [1.82, 2.24) is 10.9 Å². The summed E-state index contributed by atoms with van der Waals surface area (Å²) >= 11 is 0. The number of amides is 2. The molecule has 0 bridgehead atoms. The molecule has 2 amide bonds. The Bertz CT molecular complexity index is 515. The van der Waals surface area contributed by atoms with Crippen LogP contribution in [0.4, 0.5) is 0 Å². The largest absolute Gasteiger partial charge is 0.550 e. The van der Waals surface area contributed by atoms with E-state index in [2.05, 4.69) is 10.9 Å². The molecule has 2 rings (SSSR count). The third-order valence-electron chi connectivity index (χ3n) is 3.24. The van der Waals surface area contributed by atoms with Gasteiger partial charge < -0.3 is 9.90 Å². The molecule has 1 fully saturated rings. The molecular formula is C14H15N2O4-. The molecule has 20 heavy (non-hydrogen) atoms. The number of hydrogen-bond acceptors (Lipinski definition) is 4. The van der Waals surface area contributed by atoms with Gasteiger partial charge in [0.2, 0.25) is 11.8 Å². The Hall–Kier alpha value is -2.37. The molecule has 0 radical (unpaired) electrons. The lowest BCUT2D eigenvalue weighted by Gasteiger charge is -2.07. The van der Waals surface area contributed by atoms with Gasteiger partial charge in [0.05, 0.1) is 0 Å². The summed E-state index contributed by atoms with van der Waals surface area (Å²) in [5.41, 5.74) is 5.62. The smallest absolute Gasteiger partial charge is 0.242 e. The lowest BCUT2D eigenvalue weighted by Crippen LogP contribution is -2.43. The minimum Gasteiger partial charge on any atom is -0.550 e. The third kappa shape index (κ3) is 3.81. The van der Waals surface area contributed by atoms with Crippen molar-refractivity contribution in [3.05, 3.63) is 35.9 Å². The zero-order valence-electron chi connectivity index (χ0n) is 10.8. The fraction of sp³-hybridized carbons (Fsp3) is 0.357. The first kappa shape index (κ1) is 14.0. The van der Waals surface area contributed by atoms with Crippen molar-refractivity contribution in [2.45, 2.75) is 25.2 Å². The maximum absolute atomic E-state index is 11.8. The van der Waals surface area contributed by atoms with Gasteiger partial charge in [-0.05, 0) is 24.3 Å². The van der Waals surface area contributed by atoms with Crippen LogP contribution in [0.1, 0.15) is 30.7 Å². The predicted octanol–water partition coefficient (Wildman–Crippen LogP) is -0.532. The summed E-state index contributed by atoms with van der Waals surface area (Å²) in [7, 11) is 0. The Kier molecular flexibility index (Phi) is 4.34. The summed E-state index contributed by atoms with van der Waals surface area (Å²) in [5, 5.41) is 10.2. The molecule has 0 heterocycles. The first-order chi connectivity index (χ1) is 9.58. The van der Waals surface area contributed by atoms with E-state index >= 15 is 0 Å². The number of benzene rings is 1. The Morgan fingerprint density at radius 3 is 2.45 bits per heavy atom. The number of carbonyl (C=O) groups is 3. The number of carboxylic acid groups (broad SMARTS) is 1. The average molecular weight is 275 g/mol. The number of rotatable bonds is 5. The molecule has 2 atom stereocenters. The van der Waals surface area contributed by atoms with Gasteiger partial charge in [0.1, 0.15) is 0 Å². The van der Waals surface area contributed by atoms with E-state index in [4.69, 9.17) is 0 Å². The molecule has 0 spiro atoms. The third-order valence-corrected chi connectivity index (χ3v) is 3.24. The van der Waals surface area contributed by atoms with Crippen LogP contribution >= 0.6 is 0 Å². The topological polar surface area (TPSA) is 98.3 Å². The summed E-state index contributed by atoms with van der Waals surface area (Å²) < 4.78 is 0. The van der Waals surface area contributed by atoms with Crippen molar-refractivity contribution in [2.24, 2.45) is 5.92 Å². The van der Waals surface area contributed by atoms with Gasteiger partial charge in [-0.25, -0.2) is 0 Å². The van der Waals surface area contributed by atoms with E-state index in [-0.39, 0.29) is 30.6 Å². The standard InChI is InChI=1S/C14H16N2O4/c17-12(6-7-13(18)19)15-16-14(20)11-8-10(11)9-4-2-1-3-5-9/h1-5,10-11H,6-8H2,(H,15,17)(H,16,20)(H,18,19)/p-1/t10-,11-/m0/s1. The first-order valence-corrected chi connectivity index (χ1v) is 6.41. The lowest BCUT2D eigenvalue weighted by molar-refractivity contribution is -0.305. The minimum atomic E-state index is -1.29. The van der Waals surface area contributed by atoms with Gasteiger partial charge in [0, 0.05) is 18.3 Å². The summed E-state index contributed by atoms with van der Waals surface area (Å²) in [6, 6.07) is 9.69. The van der Waals surface area contributed by atoms with Crippen LogP contribution in [0.15, 0.2) is 30.3 Å². The van der Waals surface area contributed by atoms with Crippen molar-refractivity contribution in [2.75, 3.05) is 0 Å². The summed E-state index contributed by atoms with van der Waals surface area (Å²) in [6.07, 6.45) is 0.179. The number of carbonyl (C=O) groups excluding carboxylic acids is 3. The van der Waals surface area contributed by atoms with Gasteiger partial charge in [-0.2, -0.15) is 0 Å². The van der Waals surface area contributed by atoms with Gasteiger partial charge in [-0.15, -0.1) is 0 Å². The average Bonchev–Trinajstić information content (AvgIpc) is 3.24. The quantitative estimate of drug-likeness (QED) is 0.706. The molecule has 0 aliphatic heterocycles. The van der Waals surface area contributed by atoms with Crippen molar-refractivity contribution < 1.29 is 19.5 Å². The number of aliphatic carboxylic acids is 1. The van der Waals surface area contributed by atoms with E-state index in [1.165, 1.54) is 0 Å². The Morgan fingerprint density at radius 2 is 1.80 bits per heavy atom. The summed E-state index contributed by atoms with van der Waals surface area (Å²) in [5.74, 6) is -2.03. The molecule has 0 unspecified atom stereocenters. The maximum Gasteiger partial charge on any atom is 0.242 e. The summed E-state index contributed by atoms with van der Waals surface area (Å²) in [4.78, 5) is 33.2. The molecule has 1 aromatic carbocycles. The van der Waals surface area contributed by atoms with E-state index in [1.807, 2.05) is 30.3 Å². The molecule has 2 N–H and O–H groups in total. The fourth-order valence-electron chi connectivity index (χ4n) is 2.06. The second-order valence-corrected chi connectivity index (χ2v) is 4.77. The highest BCUT2D eigenvalue weighted by Gasteiger charge is 2.43. The molecule has 0 aromatic heterocycles. The molecule has 1 saturated carbocycles. The van der Waals surface area contributed by atoms with Gasteiger partial charge in [0.25, 0.3) is 0 Å². The van der Waals surface area contributed by atoms with E-state index in [0.717, 1.165) is 12.0 Å². The van der Waals surface area contributed by atoms with Gasteiger partial charge in [0.15, 0.2) is 0 Å². The molecule has 1 aromatic rings. The highest BCUT2D eigenvalue weighted by atomic mass is 16.4. The Balaban J connectivity index is 1.72. The van der Waals surface area contributed by atoms with Crippen LogP contribution in [0.3, 0.4) is 0 Å². The van der Waals surface area contributed by atoms with Crippen LogP contribution in [0.25, 0.3) is 0 Å². The Morgan fingerprint density at radius 1 is 1.10 bits per heavy atom. The first-order valence-electron chi connectivity index (χ1n) is 6.41. The van der Waals surface area contributed by atoms with Gasteiger partial charge in [-0.1, -0.05) is 30.3 Å². The van der Waals surface area contributed by atoms with E-state index in [0.29, 0.717) is 0 Å². The predicted molar refractivity (Wildman–Crippen MR) is 67.8 cm³/mol. The molecule has 106 valence electrons. The second kappa shape index (κ2) is 6.18. The van der Waals surface area contributed by atoms with Crippen molar-refractivity contribution in [3.8, 4) is 0 Å². The molecule has 1 aliphatic rings. The zero-order chi connectivity index (χ0) is 14.5. The van der Waals surface area contributed by atoms with Crippen LogP contribution in [0, 0.1) is 5.92 Å². The highest BCUT2D eigenvalue weighted by Crippen LogP contribution is 2.47. The number of hydrazine groups is 1. The lowest BCUT2D eigenvalue weighted by atomic mass is 10.1. The molecule has 6 nitrogen and oxygen atoms in total. The van der Waals surface area contributed by atoms with Gasteiger partial charge in [-0.3, -0.25) is 20.4 Å². The van der Waals surface area contributed by atoms with Crippen molar-refractivity contribution in [3.63, 3.8) is 0 Å². The maximum atomic E-state index is 11.8. The monoisotopic (exact) mass is 275 g/mol. The number of carboxylic acids is 1. The zero-order valence-corrected chi connectivity index (χ0v) is 10.8. The van der Waals surface area contributed by atoms with Crippen molar-refractivity contribution >= 4 is 17.8 Å². The highest BCUT2D eigenvalue weighted by molar-refractivity contribution is 5.86. The van der Waals surface area contributed by atoms with Crippen LogP contribution in [-0.2, 0) is 14.4 Å². The molecule has 0 saturated heterocycles. The summed E-state index contributed by atoms with van der Waals surface area (Å²) in [6.45, 7) is 0. The second-order valence-electron chi connectivity index (χ2n) is 4.77. The van der Waals surface area contributed by atoms with Crippen LogP contribution < -0.4 is 16.0 Å². The van der Waals surface area contributed by atoms with E-state index in [1.54, 1.807) is 0 Å². The fourth-order valence-corrected chi connectivity index (χ4v) is 2.06. The van der Waals surface area contributed by atoms with Crippen LogP contribution in [0.5, 0.6) is 0 Å². The Labute approximate surface area is 116 Å². The van der Waals surface area contributed by atoms with E-state index < -0.39 is 11.9 Å². The molecule has 1 aliphatic carbocycles. The van der Waals surface area contributed by atoms with Crippen LogP contribution in [0.2, 0.25) is 0 Å². The minimum absolute atomic E-state index is 0.140. The normalized spacial score (nSPS) is 20.0. The van der Waals surface area contributed by atoms with Crippen molar-refractivity contribution in [1.29, 1.82) is 0 Å². The SMILES string of the molecule is O=C([O-])CCC(=O)NNC(=O)[C@H]1C[C@H]1c1ccccc1. The number of hydrogen-bond donors (Lipinski definition) is 2. The van der Waals surface area contributed by atoms with Gasteiger partial charge >= 0.3 is 0 Å². The molecular weight excluding hydrogens is 260 g/mol. The van der Waals surface area contributed by atoms with Crippen LogP contribution in [-0.4, -0.2) is 17.8 Å². The molecule has 6 heteroatoms.